The molecule has 0 unspecified atom stereocenters. The lowest BCUT2D eigenvalue weighted by Gasteiger charge is -2.07. The summed E-state index contributed by atoms with van der Waals surface area (Å²) in [6, 6.07) is 6.79. The molecule has 0 saturated carbocycles. The summed E-state index contributed by atoms with van der Waals surface area (Å²) in [6.07, 6.45) is 7.56. The molecule has 0 aromatic heterocycles. The molecule has 0 saturated heterocycles. The van der Waals surface area contributed by atoms with Gasteiger partial charge in [-0.15, -0.1) is 0 Å². The second kappa shape index (κ2) is 4.61. The van der Waals surface area contributed by atoms with Gasteiger partial charge in [0.05, 0.1) is 0 Å². The largest absolute Gasteiger partial charge is 0.330 e. The molecule has 1 aromatic carbocycles. The van der Waals surface area contributed by atoms with E-state index in [0.29, 0.717) is 0 Å². The lowest BCUT2D eigenvalue weighted by molar-refractivity contribution is 0.740. The number of aryl methyl sites for hydroxylation is 2. The third-order valence-corrected chi connectivity index (χ3v) is 3.14. The van der Waals surface area contributed by atoms with Crippen LogP contribution >= 0.6 is 0 Å². The van der Waals surface area contributed by atoms with Crippen LogP contribution in [0.1, 0.15) is 36.0 Å². The Balaban J connectivity index is 2.06. The lowest BCUT2D eigenvalue weighted by atomic mass is 9.99. The highest BCUT2D eigenvalue weighted by Gasteiger charge is 2.13. The summed E-state index contributed by atoms with van der Waals surface area (Å²) in [4.78, 5) is 0. The van der Waals surface area contributed by atoms with E-state index in [-0.39, 0.29) is 0 Å². The third-order valence-electron chi connectivity index (χ3n) is 3.14. The molecule has 0 bridgehead atoms. The number of benzene rings is 1. The van der Waals surface area contributed by atoms with Crippen molar-refractivity contribution in [3.05, 3.63) is 34.9 Å². The Morgan fingerprint density at radius 3 is 2.93 bits per heavy atom. The van der Waals surface area contributed by atoms with E-state index in [1.54, 1.807) is 16.7 Å². The minimum Gasteiger partial charge on any atom is -0.330 e. The first kappa shape index (κ1) is 9.72. The second-order valence-corrected chi connectivity index (χ2v) is 4.15. The maximum Gasteiger partial charge on any atom is -0.00772 e. The average Bonchev–Trinajstić information content (AvgIpc) is 2.67. The van der Waals surface area contributed by atoms with Crippen molar-refractivity contribution in [3.63, 3.8) is 0 Å². The van der Waals surface area contributed by atoms with Gasteiger partial charge in [0.1, 0.15) is 0 Å². The average molecular weight is 189 g/mol. The van der Waals surface area contributed by atoms with Gasteiger partial charge in [0, 0.05) is 0 Å². The maximum absolute atomic E-state index is 5.51. The fourth-order valence-corrected chi connectivity index (χ4v) is 2.39. The Bertz CT molecular complexity index is 304. The molecule has 14 heavy (non-hydrogen) atoms. The van der Waals surface area contributed by atoms with Gasteiger partial charge < -0.3 is 5.73 Å². The molecule has 1 aromatic rings. The summed E-state index contributed by atoms with van der Waals surface area (Å²) in [6.45, 7) is 0.828. The van der Waals surface area contributed by atoms with Crippen LogP contribution in [0, 0.1) is 0 Å². The van der Waals surface area contributed by atoms with Crippen LogP contribution in [-0.4, -0.2) is 6.54 Å². The minimum absolute atomic E-state index is 0.828. The Morgan fingerprint density at radius 1 is 1.14 bits per heavy atom. The number of unbranched alkanes of at least 4 members (excludes halogenated alkanes) is 1. The normalized spacial score (nSPS) is 14.4. The van der Waals surface area contributed by atoms with Gasteiger partial charge in [0.25, 0.3) is 0 Å². The van der Waals surface area contributed by atoms with Gasteiger partial charge in [-0.2, -0.15) is 0 Å². The van der Waals surface area contributed by atoms with Crippen molar-refractivity contribution in [2.45, 2.75) is 38.5 Å². The zero-order valence-electron chi connectivity index (χ0n) is 8.76. The van der Waals surface area contributed by atoms with Crippen LogP contribution < -0.4 is 5.73 Å². The van der Waals surface area contributed by atoms with E-state index in [1.165, 1.54) is 32.1 Å². The zero-order chi connectivity index (χ0) is 9.80. The van der Waals surface area contributed by atoms with E-state index < -0.39 is 0 Å². The van der Waals surface area contributed by atoms with Crippen LogP contribution in [0.2, 0.25) is 0 Å². The fourth-order valence-electron chi connectivity index (χ4n) is 2.39. The van der Waals surface area contributed by atoms with E-state index in [9.17, 15) is 0 Å². The monoisotopic (exact) mass is 189 g/mol. The van der Waals surface area contributed by atoms with Crippen molar-refractivity contribution in [1.29, 1.82) is 0 Å². The van der Waals surface area contributed by atoms with Crippen LogP contribution in [0.4, 0.5) is 0 Å². The predicted molar refractivity (Wildman–Crippen MR) is 60.5 cm³/mol. The summed E-state index contributed by atoms with van der Waals surface area (Å²) in [5, 5.41) is 0. The van der Waals surface area contributed by atoms with Gasteiger partial charge in [0.2, 0.25) is 0 Å². The Morgan fingerprint density at radius 2 is 2.07 bits per heavy atom. The molecule has 2 N–H and O–H groups in total. The van der Waals surface area contributed by atoms with Crippen molar-refractivity contribution in [2.24, 2.45) is 5.73 Å². The summed E-state index contributed by atoms with van der Waals surface area (Å²) in [7, 11) is 0. The SMILES string of the molecule is NCCCCc1cccc2c1CCC2. The van der Waals surface area contributed by atoms with E-state index in [4.69, 9.17) is 5.73 Å². The molecule has 0 aliphatic heterocycles. The zero-order valence-corrected chi connectivity index (χ0v) is 8.76. The molecule has 1 heteroatoms. The van der Waals surface area contributed by atoms with E-state index in [0.717, 1.165) is 13.0 Å². The quantitative estimate of drug-likeness (QED) is 0.723. The third kappa shape index (κ3) is 1.98. The number of nitrogens with two attached hydrogens (primary N) is 1. The Hall–Kier alpha value is -0.820. The molecule has 0 radical (unpaired) electrons. The first-order valence-corrected chi connectivity index (χ1v) is 5.71. The predicted octanol–water partition coefficient (Wildman–Crippen LogP) is 2.46. The summed E-state index contributed by atoms with van der Waals surface area (Å²) in [5.41, 5.74) is 10.3. The van der Waals surface area contributed by atoms with Crippen LogP contribution in [0.5, 0.6) is 0 Å². The lowest BCUT2D eigenvalue weighted by Crippen LogP contribution is -2.00. The smallest absolute Gasteiger partial charge is 0.00772 e. The van der Waals surface area contributed by atoms with Gasteiger partial charge in [0.15, 0.2) is 0 Å². The second-order valence-electron chi connectivity index (χ2n) is 4.15. The van der Waals surface area contributed by atoms with E-state index in [1.807, 2.05) is 0 Å². The highest BCUT2D eigenvalue weighted by molar-refractivity contribution is 5.38. The molecule has 0 heterocycles. The van der Waals surface area contributed by atoms with Crippen molar-refractivity contribution < 1.29 is 0 Å². The number of rotatable bonds is 4. The van der Waals surface area contributed by atoms with Gasteiger partial charge in [-0.05, 0) is 61.8 Å². The van der Waals surface area contributed by atoms with Crippen LogP contribution in [0.25, 0.3) is 0 Å². The topological polar surface area (TPSA) is 26.0 Å². The molecule has 1 aliphatic carbocycles. The molecule has 1 nitrogen and oxygen atoms in total. The maximum atomic E-state index is 5.51. The van der Waals surface area contributed by atoms with E-state index in [2.05, 4.69) is 18.2 Å². The highest BCUT2D eigenvalue weighted by atomic mass is 14.5. The summed E-state index contributed by atoms with van der Waals surface area (Å²) in [5.74, 6) is 0. The molecule has 2 rings (SSSR count). The first-order chi connectivity index (χ1) is 6.92. The Labute approximate surface area is 86.3 Å². The Kier molecular flexibility index (Phi) is 3.20. The van der Waals surface area contributed by atoms with E-state index >= 15 is 0 Å². The highest BCUT2D eigenvalue weighted by Crippen LogP contribution is 2.26. The number of hydrogen-bond acceptors (Lipinski definition) is 1. The minimum atomic E-state index is 0.828. The summed E-state index contributed by atoms with van der Waals surface area (Å²) >= 11 is 0. The van der Waals surface area contributed by atoms with Crippen molar-refractivity contribution >= 4 is 0 Å². The van der Waals surface area contributed by atoms with Crippen molar-refractivity contribution in [1.82, 2.24) is 0 Å². The molecule has 0 spiro atoms. The van der Waals surface area contributed by atoms with Crippen LogP contribution in [0.15, 0.2) is 18.2 Å². The molecule has 76 valence electrons. The molecular formula is C13H19N. The number of hydrogen-bond donors (Lipinski definition) is 1. The van der Waals surface area contributed by atoms with Gasteiger partial charge in [-0.25, -0.2) is 0 Å². The first-order valence-electron chi connectivity index (χ1n) is 5.71. The van der Waals surface area contributed by atoms with Gasteiger partial charge in [-0.3, -0.25) is 0 Å². The standard InChI is InChI=1S/C13H19N/c14-10-2-1-5-11-6-3-7-12-8-4-9-13(11)12/h3,6-7H,1-2,4-5,8-10,14H2. The molecular weight excluding hydrogens is 170 g/mol. The number of fused-ring (bicyclic) bond motifs is 1. The van der Waals surface area contributed by atoms with Crippen molar-refractivity contribution in [2.75, 3.05) is 6.54 Å². The van der Waals surface area contributed by atoms with Crippen molar-refractivity contribution in [3.8, 4) is 0 Å². The molecule has 0 atom stereocenters. The van der Waals surface area contributed by atoms with Crippen LogP contribution in [-0.2, 0) is 19.3 Å². The molecule has 1 aliphatic rings. The molecule has 0 amide bonds. The molecule has 0 fully saturated rings. The summed E-state index contributed by atoms with van der Waals surface area (Å²) < 4.78 is 0. The fraction of sp³-hybridized carbons (Fsp3) is 0.538. The van der Waals surface area contributed by atoms with Gasteiger partial charge in [-0.1, -0.05) is 18.2 Å². The van der Waals surface area contributed by atoms with Gasteiger partial charge >= 0.3 is 0 Å². The van der Waals surface area contributed by atoms with Crippen LogP contribution in [0.3, 0.4) is 0 Å².